The molecule has 0 aliphatic carbocycles. The molecule has 0 radical (unpaired) electrons. The fraction of sp³-hybridized carbons (Fsp3) is 0.467. The van der Waals surface area contributed by atoms with Crippen LogP contribution in [0.5, 0.6) is 0 Å². The molecule has 0 saturated heterocycles. The highest BCUT2D eigenvalue weighted by molar-refractivity contribution is 5.65. The van der Waals surface area contributed by atoms with Crippen LogP contribution in [0.25, 0.3) is 0 Å². The Hall–Kier alpha value is -1.32. The molecule has 0 aromatic heterocycles. The Morgan fingerprint density at radius 1 is 1.39 bits per heavy atom. The lowest BCUT2D eigenvalue weighted by atomic mass is 9.80. The first-order valence-corrected chi connectivity index (χ1v) is 6.22. The number of aliphatic hydroxyl groups is 1. The summed E-state index contributed by atoms with van der Waals surface area (Å²) in [6, 6.07) is 8.84. The minimum absolute atomic E-state index is 0. The zero-order valence-electron chi connectivity index (χ0n) is 11.2. The molecule has 18 heavy (non-hydrogen) atoms. The zero-order chi connectivity index (χ0) is 12.5. The van der Waals surface area contributed by atoms with Gasteiger partial charge < -0.3 is 15.5 Å². The van der Waals surface area contributed by atoms with Gasteiger partial charge in [-0.3, -0.25) is 0 Å². The maximum atomic E-state index is 9.01. The number of fused-ring (bicyclic) bond motifs is 1. The maximum absolute atomic E-state index is 9.01. The molecule has 3 N–H and O–H groups in total. The molecule has 0 bridgehead atoms. The number of rotatable bonds is 4. The summed E-state index contributed by atoms with van der Waals surface area (Å²) in [5.41, 5.74) is 2.76. The molecule has 1 unspecified atom stereocenters. The Balaban J connectivity index is 0.00000162. The molecular weight excluding hydrogens is 226 g/mol. The van der Waals surface area contributed by atoms with Crippen molar-refractivity contribution in [2.75, 3.05) is 18.1 Å². The van der Waals surface area contributed by atoms with Crippen molar-refractivity contribution < 1.29 is 10.6 Å². The number of hydrogen-bond acceptors (Lipinski definition) is 2. The standard InChI is InChI=1S/C15H21NO.H2O/c1-4-14-15(2,3)12-8-5-6-9-13(12)16(14)10-7-11-17;/h4-6,8-9,14,17H,1,7,10-11H2,2-3H3;1H2. The molecule has 1 aliphatic rings. The Morgan fingerprint density at radius 2 is 2.06 bits per heavy atom. The van der Waals surface area contributed by atoms with E-state index in [2.05, 4.69) is 49.6 Å². The Bertz CT molecular complexity index is 415. The number of aliphatic hydroxyl groups excluding tert-OH is 1. The van der Waals surface area contributed by atoms with Crippen LogP contribution in [-0.2, 0) is 5.41 Å². The van der Waals surface area contributed by atoms with Gasteiger partial charge in [0.25, 0.3) is 0 Å². The van der Waals surface area contributed by atoms with E-state index in [0.29, 0.717) is 6.04 Å². The summed E-state index contributed by atoms with van der Waals surface area (Å²) in [5, 5.41) is 9.01. The van der Waals surface area contributed by atoms with E-state index in [1.807, 2.05) is 6.08 Å². The van der Waals surface area contributed by atoms with E-state index in [-0.39, 0.29) is 17.5 Å². The Kier molecular flexibility index (Phi) is 4.54. The third-order valence-electron chi connectivity index (χ3n) is 3.76. The summed E-state index contributed by atoms with van der Waals surface area (Å²) in [5.74, 6) is 0. The molecule has 1 aromatic carbocycles. The van der Waals surface area contributed by atoms with Crippen molar-refractivity contribution in [1.82, 2.24) is 0 Å². The SMILES string of the molecule is C=CC1N(CCCO)c2ccccc2C1(C)C.O. The van der Waals surface area contributed by atoms with Gasteiger partial charge in [0.1, 0.15) is 0 Å². The minimum Gasteiger partial charge on any atom is -0.412 e. The number of anilines is 1. The molecule has 3 heteroatoms. The predicted octanol–water partition coefficient (Wildman–Crippen LogP) is 1.90. The van der Waals surface area contributed by atoms with Gasteiger partial charge >= 0.3 is 0 Å². The van der Waals surface area contributed by atoms with E-state index < -0.39 is 0 Å². The molecule has 0 spiro atoms. The van der Waals surface area contributed by atoms with Crippen molar-refractivity contribution in [2.45, 2.75) is 31.7 Å². The van der Waals surface area contributed by atoms with Crippen molar-refractivity contribution in [3.63, 3.8) is 0 Å². The molecule has 3 nitrogen and oxygen atoms in total. The average Bonchev–Trinajstić information content (AvgIpc) is 2.55. The van der Waals surface area contributed by atoms with E-state index in [0.717, 1.165) is 13.0 Å². The Labute approximate surface area is 109 Å². The molecule has 0 fully saturated rings. The van der Waals surface area contributed by atoms with Crippen LogP contribution in [0.2, 0.25) is 0 Å². The van der Waals surface area contributed by atoms with Gasteiger partial charge in [0.05, 0.1) is 6.04 Å². The molecule has 1 aromatic rings. The van der Waals surface area contributed by atoms with E-state index in [1.54, 1.807) is 0 Å². The number of benzene rings is 1. The third kappa shape index (κ3) is 2.16. The normalized spacial score (nSPS) is 20.2. The van der Waals surface area contributed by atoms with Crippen LogP contribution in [-0.4, -0.2) is 29.8 Å². The van der Waals surface area contributed by atoms with Gasteiger partial charge in [-0.25, -0.2) is 0 Å². The van der Waals surface area contributed by atoms with Crippen LogP contribution < -0.4 is 4.90 Å². The van der Waals surface area contributed by atoms with Gasteiger partial charge in [-0.15, -0.1) is 6.58 Å². The van der Waals surface area contributed by atoms with E-state index in [4.69, 9.17) is 5.11 Å². The topological polar surface area (TPSA) is 55.0 Å². The fourth-order valence-electron chi connectivity index (χ4n) is 2.89. The highest BCUT2D eigenvalue weighted by Crippen LogP contribution is 2.45. The monoisotopic (exact) mass is 249 g/mol. The molecule has 2 rings (SSSR count). The van der Waals surface area contributed by atoms with Crippen molar-refractivity contribution in [2.24, 2.45) is 0 Å². The summed E-state index contributed by atoms with van der Waals surface area (Å²) >= 11 is 0. The average molecular weight is 249 g/mol. The van der Waals surface area contributed by atoms with Gasteiger partial charge in [0, 0.05) is 24.3 Å². The summed E-state index contributed by atoms with van der Waals surface area (Å²) in [6.45, 7) is 9.62. The smallest absolute Gasteiger partial charge is 0.0562 e. The lowest BCUT2D eigenvalue weighted by molar-refractivity contribution is 0.287. The molecule has 1 atom stereocenters. The minimum atomic E-state index is 0. The van der Waals surface area contributed by atoms with E-state index in [1.165, 1.54) is 11.3 Å². The van der Waals surface area contributed by atoms with Crippen molar-refractivity contribution in [3.8, 4) is 0 Å². The van der Waals surface area contributed by atoms with Crippen LogP contribution in [0.4, 0.5) is 5.69 Å². The van der Waals surface area contributed by atoms with E-state index in [9.17, 15) is 0 Å². The molecule has 1 aliphatic heterocycles. The van der Waals surface area contributed by atoms with Gasteiger partial charge in [0.15, 0.2) is 0 Å². The number of hydrogen-bond donors (Lipinski definition) is 1. The van der Waals surface area contributed by atoms with Crippen LogP contribution in [0.3, 0.4) is 0 Å². The van der Waals surface area contributed by atoms with Gasteiger partial charge in [-0.1, -0.05) is 38.1 Å². The molecule has 0 amide bonds. The van der Waals surface area contributed by atoms with Crippen LogP contribution in [0.15, 0.2) is 36.9 Å². The molecule has 1 heterocycles. The summed E-state index contributed by atoms with van der Waals surface area (Å²) < 4.78 is 0. The second-order valence-corrected chi connectivity index (χ2v) is 5.19. The van der Waals surface area contributed by atoms with E-state index >= 15 is 0 Å². The van der Waals surface area contributed by atoms with Gasteiger partial charge in [0.2, 0.25) is 0 Å². The molecular formula is C15H23NO2. The van der Waals surface area contributed by atoms with Crippen molar-refractivity contribution in [1.29, 1.82) is 0 Å². The quantitative estimate of drug-likeness (QED) is 0.829. The molecule has 0 saturated carbocycles. The second kappa shape index (κ2) is 5.55. The first kappa shape index (κ1) is 14.7. The number of nitrogens with zero attached hydrogens (tertiary/aromatic N) is 1. The van der Waals surface area contributed by atoms with Crippen molar-refractivity contribution in [3.05, 3.63) is 42.5 Å². The highest BCUT2D eigenvalue weighted by atomic mass is 16.3. The van der Waals surface area contributed by atoms with Crippen molar-refractivity contribution >= 4 is 5.69 Å². The summed E-state index contributed by atoms with van der Waals surface area (Å²) in [7, 11) is 0. The lowest BCUT2D eigenvalue weighted by Crippen LogP contribution is -2.40. The first-order chi connectivity index (χ1) is 8.12. The lowest BCUT2D eigenvalue weighted by Gasteiger charge is -2.32. The highest BCUT2D eigenvalue weighted by Gasteiger charge is 2.42. The first-order valence-electron chi connectivity index (χ1n) is 6.22. The Morgan fingerprint density at radius 3 is 2.67 bits per heavy atom. The fourth-order valence-corrected chi connectivity index (χ4v) is 2.89. The van der Waals surface area contributed by atoms with Crippen LogP contribution >= 0.6 is 0 Å². The number of para-hydroxylation sites is 1. The second-order valence-electron chi connectivity index (χ2n) is 5.19. The summed E-state index contributed by atoms with van der Waals surface area (Å²) in [4.78, 5) is 2.36. The summed E-state index contributed by atoms with van der Waals surface area (Å²) in [6.07, 6.45) is 2.83. The maximum Gasteiger partial charge on any atom is 0.0562 e. The van der Waals surface area contributed by atoms with Gasteiger partial charge in [-0.2, -0.15) is 0 Å². The van der Waals surface area contributed by atoms with Crippen LogP contribution in [0, 0.1) is 0 Å². The largest absolute Gasteiger partial charge is 0.412 e. The third-order valence-corrected chi connectivity index (χ3v) is 3.76. The molecule has 100 valence electrons. The zero-order valence-corrected chi connectivity index (χ0v) is 11.2. The predicted molar refractivity (Wildman–Crippen MR) is 76.1 cm³/mol. The van der Waals surface area contributed by atoms with Crippen LogP contribution in [0.1, 0.15) is 25.8 Å². The van der Waals surface area contributed by atoms with Gasteiger partial charge in [-0.05, 0) is 18.1 Å².